The number of benzene rings is 8. The van der Waals surface area contributed by atoms with Gasteiger partial charge in [-0.25, -0.2) is 0 Å². The summed E-state index contributed by atoms with van der Waals surface area (Å²) in [6.07, 6.45) is 4.56. The molecule has 2 aliphatic rings. The Labute approximate surface area is 380 Å². The lowest BCUT2D eigenvalue weighted by molar-refractivity contribution is -0.737. The maximum Gasteiger partial charge on any atom is 0.221 e. The van der Waals surface area contributed by atoms with E-state index in [0.717, 1.165) is 35.1 Å². The van der Waals surface area contributed by atoms with Crippen LogP contribution in [0.15, 0.2) is 200 Å². The summed E-state index contributed by atoms with van der Waals surface area (Å²) in [6.45, 7) is 7.25. The van der Waals surface area contributed by atoms with Crippen molar-refractivity contribution in [2.24, 2.45) is 5.92 Å². The third-order valence-corrected chi connectivity index (χ3v) is 17.8. The van der Waals surface area contributed by atoms with Crippen LogP contribution in [0.25, 0.3) is 70.6 Å². The van der Waals surface area contributed by atoms with Gasteiger partial charge in [-0.15, -0.1) is 0 Å². The third-order valence-electron chi connectivity index (χ3n) is 15.3. The highest BCUT2D eigenvalue weighted by atomic mass is 31.1. The number of nitrogens with zero attached hydrogens (tertiary/aromatic N) is 1. The van der Waals surface area contributed by atoms with Gasteiger partial charge in [0.05, 0.1) is 16.4 Å². The second-order valence-electron chi connectivity index (χ2n) is 18.0. The Morgan fingerprint density at radius 2 is 1.05 bits per heavy atom. The van der Waals surface area contributed by atoms with Gasteiger partial charge < -0.3 is 0 Å². The molecule has 12 rings (SSSR count). The molecule has 3 heterocycles. The summed E-state index contributed by atoms with van der Waals surface area (Å²) < 4.78 is 2.67. The van der Waals surface area contributed by atoms with Crippen LogP contribution in [-0.4, -0.2) is 11.6 Å². The molecule has 10 aromatic rings. The lowest BCUT2D eigenvalue weighted by Gasteiger charge is -2.29. The van der Waals surface area contributed by atoms with E-state index in [4.69, 9.17) is 0 Å². The van der Waals surface area contributed by atoms with E-state index in [1.54, 1.807) is 0 Å². The third kappa shape index (κ3) is 5.71. The minimum absolute atomic E-state index is 0.0154. The van der Waals surface area contributed by atoms with Gasteiger partial charge in [0, 0.05) is 50.9 Å². The molecule has 1 aliphatic heterocycles. The summed E-state index contributed by atoms with van der Waals surface area (Å²) in [5.41, 5.74) is 11.2. The first-order valence-corrected chi connectivity index (χ1v) is 24.3. The van der Waals surface area contributed by atoms with Gasteiger partial charge in [0.2, 0.25) is 5.69 Å². The predicted octanol–water partition coefficient (Wildman–Crippen LogP) is 15.3. The molecule has 0 spiro atoms. The van der Waals surface area contributed by atoms with Crippen molar-refractivity contribution in [3.63, 3.8) is 0 Å². The standard InChI is InChI=1S/C61H47NO2P/c1-4-60-39(3)61(60,5-2)62-33-32-40-16-12-13-25-50(40)57(62)53-38-49(28-29-54(53)60)65-55-30-26-45(43-21-14-23-47(34-43)58(63)41-17-8-6-9-18-41)36-51(55)52-37-46(27-31-56(52)65)44-22-15-24-48(35-44)59(64)42-19-10-7-11-20-42/h6-39H,4-5H2,1-3H3/q+1. The summed E-state index contributed by atoms with van der Waals surface area (Å²) in [5, 5.41) is 9.00. The molecular formula is C61H47NO2P+. The van der Waals surface area contributed by atoms with Crippen LogP contribution < -0.4 is 4.57 Å². The van der Waals surface area contributed by atoms with Gasteiger partial charge in [0.25, 0.3) is 0 Å². The molecule has 8 aromatic carbocycles. The van der Waals surface area contributed by atoms with E-state index in [9.17, 15) is 9.59 Å². The normalized spacial score (nSPS) is 18.3. The van der Waals surface area contributed by atoms with Crippen molar-refractivity contribution in [1.29, 1.82) is 0 Å². The Balaban J connectivity index is 1.06. The molecule has 0 amide bonds. The molecule has 0 N–H and O–H groups in total. The Morgan fingerprint density at radius 3 is 1.62 bits per heavy atom. The van der Waals surface area contributed by atoms with Crippen molar-refractivity contribution in [2.75, 3.05) is 0 Å². The van der Waals surface area contributed by atoms with Gasteiger partial charge in [0.1, 0.15) is 0 Å². The first kappa shape index (κ1) is 39.4. The van der Waals surface area contributed by atoms with Crippen LogP contribution in [0.4, 0.5) is 0 Å². The molecule has 0 radical (unpaired) electrons. The van der Waals surface area contributed by atoms with Crippen LogP contribution in [0, 0.1) is 5.92 Å². The van der Waals surface area contributed by atoms with Crippen molar-refractivity contribution in [3.05, 3.63) is 228 Å². The van der Waals surface area contributed by atoms with Crippen LogP contribution in [0.3, 0.4) is 0 Å². The van der Waals surface area contributed by atoms with Crippen LogP contribution in [0.5, 0.6) is 0 Å². The van der Waals surface area contributed by atoms with Gasteiger partial charge >= 0.3 is 0 Å². The van der Waals surface area contributed by atoms with E-state index in [-0.39, 0.29) is 22.5 Å². The average Bonchev–Trinajstić information content (AvgIpc) is 3.78. The van der Waals surface area contributed by atoms with Gasteiger partial charge in [-0.1, -0.05) is 168 Å². The zero-order chi connectivity index (χ0) is 44.0. The molecule has 3 atom stereocenters. The maximum absolute atomic E-state index is 13.6. The van der Waals surface area contributed by atoms with E-state index in [1.807, 2.05) is 97.1 Å². The van der Waals surface area contributed by atoms with Crippen LogP contribution in [0.1, 0.15) is 71.0 Å². The highest BCUT2D eigenvalue weighted by Crippen LogP contribution is 2.72. The van der Waals surface area contributed by atoms with Gasteiger partial charge in [-0.2, -0.15) is 4.57 Å². The molecule has 0 bridgehead atoms. The minimum atomic E-state index is -0.942. The Hall–Kier alpha value is -7.19. The molecule has 312 valence electrons. The highest BCUT2D eigenvalue weighted by molar-refractivity contribution is 7.67. The van der Waals surface area contributed by atoms with Crippen molar-refractivity contribution in [1.82, 2.24) is 0 Å². The number of pyridine rings is 1. The first-order valence-electron chi connectivity index (χ1n) is 22.9. The van der Waals surface area contributed by atoms with Gasteiger partial charge in [-0.3, -0.25) is 9.59 Å². The number of ketones is 2. The first-order chi connectivity index (χ1) is 31.9. The zero-order valence-electron chi connectivity index (χ0n) is 36.8. The molecule has 2 aromatic heterocycles. The number of carbonyl (C=O) groups excluding carboxylic acids is 2. The number of carbonyl (C=O) groups is 2. The largest absolute Gasteiger partial charge is 0.289 e. The molecule has 1 fully saturated rings. The van der Waals surface area contributed by atoms with E-state index in [0.29, 0.717) is 28.2 Å². The van der Waals surface area contributed by atoms with Gasteiger partial charge in [0.15, 0.2) is 23.3 Å². The summed E-state index contributed by atoms with van der Waals surface area (Å²) in [6, 6.07) is 67.7. The predicted molar refractivity (Wildman–Crippen MR) is 269 cm³/mol. The smallest absolute Gasteiger partial charge is 0.221 e. The maximum atomic E-state index is 13.6. The number of aromatic nitrogens is 1. The zero-order valence-corrected chi connectivity index (χ0v) is 37.6. The molecule has 65 heavy (non-hydrogen) atoms. The topological polar surface area (TPSA) is 38.0 Å². The number of fused-ring (bicyclic) bond motifs is 11. The molecule has 1 saturated carbocycles. The number of rotatable bonds is 9. The van der Waals surface area contributed by atoms with E-state index >= 15 is 0 Å². The summed E-state index contributed by atoms with van der Waals surface area (Å²) in [7, 11) is -0.942. The van der Waals surface area contributed by atoms with Crippen LogP contribution in [0.2, 0.25) is 0 Å². The summed E-state index contributed by atoms with van der Waals surface area (Å²) >= 11 is 0. The van der Waals surface area contributed by atoms with Crippen molar-refractivity contribution < 1.29 is 14.2 Å². The van der Waals surface area contributed by atoms with E-state index in [2.05, 4.69) is 129 Å². The Kier molecular flexibility index (Phi) is 9.06. The molecule has 3 unspecified atom stereocenters. The second-order valence-corrected chi connectivity index (χ2v) is 20.2. The SMILES string of the molecule is CCC12c3ccc(-p4c5ccc(-c6cccc(C(=O)c7ccccc7)c6)cc5c5cc(-c6cccc(C(=O)c7ccccc7)c6)ccc54)cc3-c3c4ccccc4cc[n+]3C1(CC)C2C. The molecule has 1 aliphatic carbocycles. The average molecular weight is 857 g/mol. The Morgan fingerprint density at radius 1 is 0.508 bits per heavy atom. The lowest BCUT2D eigenvalue weighted by Crippen LogP contribution is -2.55. The summed E-state index contributed by atoms with van der Waals surface area (Å²) in [5.74, 6) is 0.545. The fourth-order valence-corrected chi connectivity index (χ4v) is 14.8. The molecule has 0 saturated heterocycles. The molecular weight excluding hydrogens is 810 g/mol. The van der Waals surface area contributed by atoms with E-state index < -0.39 is 7.53 Å². The fourth-order valence-electron chi connectivity index (χ4n) is 12.2. The van der Waals surface area contributed by atoms with Gasteiger partial charge in [-0.05, 0) is 104 Å². The van der Waals surface area contributed by atoms with Crippen molar-refractivity contribution in [3.8, 4) is 38.8 Å². The van der Waals surface area contributed by atoms with E-state index in [1.165, 1.54) is 53.9 Å². The van der Waals surface area contributed by atoms with Crippen molar-refractivity contribution >= 4 is 50.9 Å². The van der Waals surface area contributed by atoms with Crippen LogP contribution >= 0.6 is 7.53 Å². The van der Waals surface area contributed by atoms with Crippen molar-refractivity contribution in [2.45, 2.75) is 44.6 Å². The second kappa shape index (κ2) is 14.9. The quantitative estimate of drug-likeness (QED) is 0.107. The molecule has 4 heteroatoms. The molecule has 3 nitrogen and oxygen atoms in total. The Bertz CT molecular complexity index is 3440. The number of hydrogen-bond acceptors (Lipinski definition) is 2. The monoisotopic (exact) mass is 856 g/mol. The lowest BCUT2D eigenvalue weighted by atomic mass is 9.78. The van der Waals surface area contributed by atoms with Crippen LogP contribution in [-0.2, 0) is 11.0 Å². The summed E-state index contributed by atoms with van der Waals surface area (Å²) in [4.78, 5) is 27.3. The number of hydrogen-bond donors (Lipinski definition) is 0. The fraction of sp³-hybridized carbons (Fsp3) is 0.131. The highest BCUT2D eigenvalue weighted by Gasteiger charge is 2.82. The minimum Gasteiger partial charge on any atom is -0.289 e.